The van der Waals surface area contributed by atoms with Crippen molar-refractivity contribution in [1.29, 1.82) is 5.53 Å². The van der Waals surface area contributed by atoms with E-state index < -0.39 is 25.4 Å². The molecule has 31 heavy (non-hydrogen) atoms. The number of alkyl halides is 1. The summed E-state index contributed by atoms with van der Waals surface area (Å²) in [4.78, 5) is 15.4. The maximum Gasteiger partial charge on any atom is 0.248 e. The van der Waals surface area contributed by atoms with Gasteiger partial charge in [-0.2, -0.15) is 5.11 Å². The van der Waals surface area contributed by atoms with E-state index in [4.69, 9.17) is 15.4 Å². The first kappa shape index (κ1) is 24.7. The first-order valence-corrected chi connectivity index (χ1v) is 10.4. The molecule has 0 spiro atoms. The highest BCUT2D eigenvalue weighted by Gasteiger charge is 2.24. The van der Waals surface area contributed by atoms with Gasteiger partial charge in [0.25, 0.3) is 0 Å². The maximum atomic E-state index is 13.8. The van der Waals surface area contributed by atoms with Crippen LogP contribution in [0, 0.1) is 5.53 Å². The fourth-order valence-electron chi connectivity index (χ4n) is 3.55. The normalized spacial score (nSPS) is 16.7. The zero-order valence-corrected chi connectivity index (χ0v) is 18.2. The molecule has 10 heteroatoms. The smallest absolute Gasteiger partial charge is 0.248 e. The van der Waals surface area contributed by atoms with Crippen LogP contribution in [-0.4, -0.2) is 82.1 Å². The number of halogens is 1. The van der Waals surface area contributed by atoms with Crippen molar-refractivity contribution in [2.45, 2.75) is 18.6 Å². The predicted octanol–water partition coefficient (Wildman–Crippen LogP) is 1.42. The van der Waals surface area contributed by atoms with Crippen LogP contribution in [0.2, 0.25) is 0 Å². The van der Waals surface area contributed by atoms with E-state index in [1.807, 2.05) is 31.3 Å². The van der Waals surface area contributed by atoms with Crippen molar-refractivity contribution in [1.82, 2.24) is 15.5 Å². The van der Waals surface area contributed by atoms with Gasteiger partial charge in [-0.1, -0.05) is 12.1 Å². The molecule has 1 amide bonds. The predicted molar refractivity (Wildman–Crippen MR) is 117 cm³/mol. The van der Waals surface area contributed by atoms with Crippen molar-refractivity contribution >= 4 is 11.6 Å². The Morgan fingerprint density at radius 2 is 2.00 bits per heavy atom. The van der Waals surface area contributed by atoms with Crippen LogP contribution in [0.1, 0.15) is 18.1 Å². The summed E-state index contributed by atoms with van der Waals surface area (Å²) in [5.74, 6) is -0.246. The quantitative estimate of drug-likeness (QED) is 0.369. The molecule has 1 aliphatic heterocycles. The molecule has 1 fully saturated rings. The monoisotopic (exact) mass is 436 g/mol. The zero-order chi connectivity index (χ0) is 22.6. The summed E-state index contributed by atoms with van der Waals surface area (Å²) in [5, 5.41) is 18.5. The van der Waals surface area contributed by atoms with Crippen LogP contribution in [0.4, 0.5) is 10.1 Å². The number of ether oxygens (including phenoxy) is 1. The van der Waals surface area contributed by atoms with E-state index in [-0.39, 0.29) is 5.91 Å². The minimum Gasteiger partial charge on any atom is -0.387 e. The van der Waals surface area contributed by atoms with Crippen LogP contribution in [0.15, 0.2) is 41.3 Å². The number of aliphatic hydroxyl groups is 1. The fraction of sp³-hybridized carbons (Fsp3) is 0.571. The molecule has 0 aromatic heterocycles. The molecule has 1 aliphatic rings. The maximum absolute atomic E-state index is 13.8. The highest BCUT2D eigenvalue weighted by molar-refractivity contribution is 5.77. The van der Waals surface area contributed by atoms with Crippen molar-refractivity contribution in [2.24, 2.45) is 5.11 Å². The molecule has 0 bridgehead atoms. The number of anilines is 1. The van der Waals surface area contributed by atoms with Gasteiger partial charge in [-0.25, -0.2) is 9.92 Å². The van der Waals surface area contributed by atoms with Crippen molar-refractivity contribution in [3.8, 4) is 0 Å². The Bertz CT molecular complexity index is 722. The van der Waals surface area contributed by atoms with Crippen LogP contribution < -0.4 is 15.5 Å². The molecule has 9 nitrogen and oxygen atoms in total. The minimum atomic E-state index is -0.644. The Labute approximate surface area is 182 Å². The van der Waals surface area contributed by atoms with Gasteiger partial charge in [-0.05, 0) is 24.7 Å². The molecule has 1 aromatic carbocycles. The summed E-state index contributed by atoms with van der Waals surface area (Å²) >= 11 is 0. The van der Waals surface area contributed by atoms with Crippen LogP contribution in [-0.2, 0) is 9.53 Å². The molecule has 2 atom stereocenters. The van der Waals surface area contributed by atoms with E-state index in [2.05, 4.69) is 20.6 Å². The van der Waals surface area contributed by atoms with E-state index in [0.29, 0.717) is 44.8 Å². The molecular formula is C21H33FN6O3. The van der Waals surface area contributed by atoms with Gasteiger partial charge in [0.2, 0.25) is 5.91 Å². The summed E-state index contributed by atoms with van der Waals surface area (Å²) in [7, 11) is 3.36. The lowest BCUT2D eigenvalue weighted by molar-refractivity contribution is -0.134. The van der Waals surface area contributed by atoms with Crippen molar-refractivity contribution in [3.05, 3.63) is 41.7 Å². The van der Waals surface area contributed by atoms with E-state index in [1.54, 1.807) is 18.2 Å². The molecule has 0 aliphatic carbocycles. The van der Waals surface area contributed by atoms with Crippen molar-refractivity contribution < 1.29 is 19.0 Å². The summed E-state index contributed by atoms with van der Waals surface area (Å²) in [6, 6.07) is 7.15. The Balaban J connectivity index is 2.02. The van der Waals surface area contributed by atoms with Crippen LogP contribution in [0.3, 0.4) is 0 Å². The van der Waals surface area contributed by atoms with Crippen LogP contribution in [0.5, 0.6) is 0 Å². The number of piperazine rings is 1. The van der Waals surface area contributed by atoms with Gasteiger partial charge in [-0.15, -0.1) is 0 Å². The average Bonchev–Trinajstić information content (AvgIpc) is 2.83. The number of hydrogen-bond donors (Lipinski definition) is 4. The van der Waals surface area contributed by atoms with Gasteiger partial charge in [0.1, 0.15) is 19.4 Å². The van der Waals surface area contributed by atoms with E-state index in [0.717, 1.165) is 11.3 Å². The molecule has 4 N–H and O–H groups in total. The first-order chi connectivity index (χ1) is 15.1. The van der Waals surface area contributed by atoms with Gasteiger partial charge in [0.05, 0.1) is 11.7 Å². The highest BCUT2D eigenvalue weighted by Crippen LogP contribution is 2.25. The number of benzene rings is 1. The average molecular weight is 437 g/mol. The van der Waals surface area contributed by atoms with Gasteiger partial charge < -0.3 is 30.3 Å². The third-order valence-electron chi connectivity index (χ3n) is 5.38. The lowest BCUT2D eigenvalue weighted by Gasteiger charge is -2.36. The molecule has 0 radical (unpaired) electrons. The third-order valence-corrected chi connectivity index (χ3v) is 5.38. The second-order valence-electron chi connectivity index (χ2n) is 7.30. The molecule has 0 unspecified atom stereocenters. The lowest BCUT2D eigenvalue weighted by atomic mass is 10.0. The number of carbonyl (C=O) groups excluding carboxylic acids is 1. The Kier molecular flexibility index (Phi) is 10.3. The Hall–Kier alpha value is -2.56. The van der Waals surface area contributed by atoms with Gasteiger partial charge in [-0.3, -0.25) is 4.79 Å². The second-order valence-corrected chi connectivity index (χ2v) is 7.30. The van der Waals surface area contributed by atoms with E-state index >= 15 is 0 Å². The largest absolute Gasteiger partial charge is 0.387 e. The summed E-state index contributed by atoms with van der Waals surface area (Å²) in [6.45, 7) is 2.08. The SMILES string of the molecule is CNCC/C(=C/N[C@H](CF)[C@H](OC)c1ccc(N2CCN(C(=O)CO)CC2)cc1)N=N. The molecule has 172 valence electrons. The molecular weight excluding hydrogens is 403 g/mol. The van der Waals surface area contributed by atoms with Gasteiger partial charge >= 0.3 is 0 Å². The second kappa shape index (κ2) is 13.0. The van der Waals surface area contributed by atoms with Crippen LogP contribution >= 0.6 is 0 Å². The fourth-order valence-corrected chi connectivity index (χ4v) is 3.55. The van der Waals surface area contributed by atoms with Crippen LogP contribution in [0.25, 0.3) is 0 Å². The topological polar surface area (TPSA) is 113 Å². The van der Waals surface area contributed by atoms with Gasteiger partial charge in [0.15, 0.2) is 0 Å². The van der Waals surface area contributed by atoms with E-state index in [1.165, 1.54) is 0 Å². The summed E-state index contributed by atoms with van der Waals surface area (Å²) < 4.78 is 19.3. The number of amides is 1. The number of carbonyl (C=O) groups is 1. The Morgan fingerprint density at radius 3 is 2.52 bits per heavy atom. The van der Waals surface area contributed by atoms with Gasteiger partial charge in [0, 0.05) is 58.1 Å². The van der Waals surface area contributed by atoms with Crippen molar-refractivity contribution in [2.75, 3.05) is 65.1 Å². The summed E-state index contributed by atoms with van der Waals surface area (Å²) in [5.41, 5.74) is 9.63. The number of nitrogens with one attached hydrogen (secondary N) is 3. The van der Waals surface area contributed by atoms with E-state index in [9.17, 15) is 9.18 Å². The number of aliphatic hydroxyl groups excluding tert-OH is 1. The van der Waals surface area contributed by atoms with Crippen molar-refractivity contribution in [3.63, 3.8) is 0 Å². The molecule has 1 aromatic rings. The number of nitrogens with zero attached hydrogens (tertiary/aromatic N) is 3. The number of hydrogen-bond acceptors (Lipinski definition) is 8. The molecule has 0 saturated carbocycles. The number of methoxy groups -OCH3 is 1. The zero-order valence-electron chi connectivity index (χ0n) is 18.2. The Morgan fingerprint density at radius 1 is 1.32 bits per heavy atom. The summed E-state index contributed by atoms with van der Waals surface area (Å²) in [6.07, 6.45) is 1.63. The molecule has 1 saturated heterocycles. The number of rotatable bonds is 12. The molecule has 1 heterocycles. The first-order valence-electron chi connectivity index (χ1n) is 10.4. The lowest BCUT2D eigenvalue weighted by Crippen LogP contribution is -2.49. The minimum absolute atomic E-state index is 0.246. The standard InChI is InChI=1S/C21H33FN6O3/c1-24-8-7-17(26-23)14-25-19(13-22)21(31-2)16-3-5-18(6-4-16)27-9-11-28(12-10-27)20(30)15-29/h3-6,14,19,21,23-25,29H,7-13,15H2,1-2H3/b17-14-,26-23?/t19-,21-/m1/s1. The third kappa shape index (κ3) is 6.98. The highest BCUT2D eigenvalue weighted by atomic mass is 19.1. The molecule has 2 rings (SSSR count).